The first-order valence-electron chi connectivity index (χ1n) is 13.0. The Morgan fingerprint density at radius 3 is 2.41 bits per heavy atom. The molecule has 0 unspecified atom stereocenters. The highest BCUT2D eigenvalue weighted by Gasteiger charge is 2.34. The maximum atomic E-state index is 12.6. The number of methoxy groups -OCH3 is 1. The summed E-state index contributed by atoms with van der Waals surface area (Å²) in [5, 5.41) is 12.5. The summed E-state index contributed by atoms with van der Waals surface area (Å²) >= 11 is 1.60. The number of nitrogens with one attached hydrogen (secondary N) is 1. The molecule has 5 aromatic rings. The van der Waals surface area contributed by atoms with Crippen LogP contribution in [0.25, 0.3) is 27.6 Å². The minimum absolute atomic E-state index is 0.208. The summed E-state index contributed by atoms with van der Waals surface area (Å²) < 4.78 is 6.38. The Kier molecular flexibility index (Phi) is 6.98. The number of amides is 2. The summed E-state index contributed by atoms with van der Waals surface area (Å²) in [6, 6.07) is 16.8. The SMILES string of the molecule is COc1ccc2sc(CNc3nncc(-c4c(C)cc(/C=C/CN5C(=O)c6ccccc6C5=O)cc4C)n3)nc2c1. The number of carbonyl (C=O) groups excluding carboxylic acids is 2. The van der Waals surface area contributed by atoms with Gasteiger partial charge in [-0.05, 0) is 54.8 Å². The van der Waals surface area contributed by atoms with Crippen molar-refractivity contribution in [1.29, 1.82) is 0 Å². The van der Waals surface area contributed by atoms with Crippen LogP contribution >= 0.6 is 11.3 Å². The van der Waals surface area contributed by atoms with Crippen LogP contribution in [-0.4, -0.2) is 50.5 Å². The number of thiazole rings is 1. The molecule has 3 heterocycles. The van der Waals surface area contributed by atoms with Crippen LogP contribution in [0.1, 0.15) is 42.4 Å². The average Bonchev–Trinajstić information content (AvgIpc) is 3.49. The lowest BCUT2D eigenvalue weighted by Gasteiger charge is -2.12. The second kappa shape index (κ2) is 10.9. The molecule has 0 radical (unpaired) electrons. The van der Waals surface area contributed by atoms with E-state index in [0.717, 1.165) is 43.2 Å². The number of hydrogen-bond acceptors (Lipinski definition) is 9. The molecule has 6 rings (SSSR count). The predicted molar refractivity (Wildman–Crippen MR) is 159 cm³/mol. The number of aromatic nitrogens is 4. The largest absolute Gasteiger partial charge is 0.497 e. The monoisotopic (exact) mass is 562 g/mol. The van der Waals surface area contributed by atoms with E-state index in [1.807, 2.05) is 56.3 Å². The van der Waals surface area contributed by atoms with Gasteiger partial charge >= 0.3 is 0 Å². The van der Waals surface area contributed by atoms with Gasteiger partial charge in [0.2, 0.25) is 5.95 Å². The van der Waals surface area contributed by atoms with Crippen LogP contribution in [0.15, 0.2) is 66.9 Å². The van der Waals surface area contributed by atoms with Crippen LogP contribution < -0.4 is 10.1 Å². The minimum Gasteiger partial charge on any atom is -0.497 e. The fourth-order valence-corrected chi connectivity index (χ4v) is 5.89. The minimum atomic E-state index is -0.262. The maximum absolute atomic E-state index is 12.6. The first-order valence-corrected chi connectivity index (χ1v) is 13.8. The molecule has 1 aliphatic heterocycles. The van der Waals surface area contributed by atoms with E-state index in [1.165, 1.54) is 4.90 Å². The van der Waals surface area contributed by atoms with Gasteiger partial charge in [-0.2, -0.15) is 5.10 Å². The summed E-state index contributed by atoms with van der Waals surface area (Å²) in [7, 11) is 1.64. The first kappa shape index (κ1) is 26.3. The number of imide groups is 1. The molecule has 3 aromatic carbocycles. The molecule has 10 heteroatoms. The lowest BCUT2D eigenvalue weighted by molar-refractivity contribution is 0.0672. The van der Waals surface area contributed by atoms with Crippen molar-refractivity contribution in [3.8, 4) is 17.0 Å². The molecule has 2 aromatic heterocycles. The molecule has 9 nitrogen and oxygen atoms in total. The third kappa shape index (κ3) is 5.17. The summed E-state index contributed by atoms with van der Waals surface area (Å²) in [5.74, 6) is 0.671. The lowest BCUT2D eigenvalue weighted by atomic mass is 9.97. The highest BCUT2D eigenvalue weighted by atomic mass is 32.1. The standard InChI is InChI=1S/C31H26N6O3S/c1-18-13-20(7-6-12-37-29(38)22-8-4-5-9-23(22)30(37)39)14-19(2)28(18)25-16-33-36-31(35-25)32-17-27-34-24-15-21(40-3)10-11-26(24)41-27/h4-11,13-16H,12,17H2,1-3H3,(H,32,35,36)/b7-6+. The van der Waals surface area contributed by atoms with E-state index >= 15 is 0 Å². The molecule has 204 valence electrons. The smallest absolute Gasteiger partial charge is 0.261 e. The first-order chi connectivity index (χ1) is 19.9. The number of ether oxygens (including phenoxy) is 1. The number of hydrogen-bond donors (Lipinski definition) is 1. The van der Waals surface area contributed by atoms with E-state index in [4.69, 9.17) is 9.72 Å². The van der Waals surface area contributed by atoms with Gasteiger partial charge in [0.25, 0.3) is 11.8 Å². The number of fused-ring (bicyclic) bond motifs is 2. The third-order valence-electron chi connectivity index (χ3n) is 6.88. The molecule has 2 amide bonds. The molecular weight excluding hydrogens is 536 g/mol. The molecule has 0 atom stereocenters. The van der Waals surface area contributed by atoms with Crippen molar-refractivity contribution in [3.63, 3.8) is 0 Å². The predicted octanol–water partition coefficient (Wildman–Crippen LogP) is 5.70. The molecular formula is C31H26N6O3S. The Morgan fingerprint density at radius 1 is 0.976 bits per heavy atom. The summed E-state index contributed by atoms with van der Waals surface area (Å²) in [6.45, 7) is 4.73. The van der Waals surface area contributed by atoms with Gasteiger partial charge in [-0.1, -0.05) is 36.4 Å². The molecule has 0 saturated carbocycles. The van der Waals surface area contributed by atoms with E-state index in [-0.39, 0.29) is 18.4 Å². The van der Waals surface area contributed by atoms with E-state index in [9.17, 15) is 9.59 Å². The van der Waals surface area contributed by atoms with Crippen molar-refractivity contribution in [2.45, 2.75) is 20.4 Å². The van der Waals surface area contributed by atoms with Crippen molar-refractivity contribution in [1.82, 2.24) is 25.1 Å². The Morgan fingerprint density at radius 2 is 1.71 bits per heavy atom. The Bertz CT molecular complexity index is 1790. The van der Waals surface area contributed by atoms with Gasteiger partial charge in [0.1, 0.15) is 10.8 Å². The zero-order valence-corrected chi connectivity index (χ0v) is 23.5. The van der Waals surface area contributed by atoms with Gasteiger partial charge in [0.05, 0.1) is 46.9 Å². The average molecular weight is 563 g/mol. The fourth-order valence-electron chi connectivity index (χ4n) is 5.01. The number of carbonyl (C=O) groups is 2. The highest BCUT2D eigenvalue weighted by Crippen LogP contribution is 2.29. The van der Waals surface area contributed by atoms with Crippen LogP contribution in [0.4, 0.5) is 5.95 Å². The molecule has 1 N–H and O–H groups in total. The third-order valence-corrected chi connectivity index (χ3v) is 7.92. The molecule has 1 aliphatic rings. The van der Waals surface area contributed by atoms with E-state index < -0.39 is 0 Å². The molecule has 0 saturated heterocycles. The van der Waals surface area contributed by atoms with Gasteiger partial charge < -0.3 is 10.1 Å². The van der Waals surface area contributed by atoms with E-state index in [2.05, 4.69) is 20.5 Å². The van der Waals surface area contributed by atoms with Crippen molar-refractivity contribution in [2.24, 2.45) is 0 Å². The van der Waals surface area contributed by atoms with Gasteiger partial charge in [0.15, 0.2) is 0 Å². The summed E-state index contributed by atoms with van der Waals surface area (Å²) in [6.07, 6.45) is 5.41. The Labute approximate surface area is 240 Å². The van der Waals surface area contributed by atoms with Gasteiger partial charge in [-0.15, -0.1) is 16.4 Å². The molecule has 0 fully saturated rings. The van der Waals surface area contributed by atoms with Crippen molar-refractivity contribution in [2.75, 3.05) is 19.0 Å². The van der Waals surface area contributed by atoms with Crippen LogP contribution in [0, 0.1) is 13.8 Å². The highest BCUT2D eigenvalue weighted by molar-refractivity contribution is 7.18. The van der Waals surface area contributed by atoms with Gasteiger partial charge in [0, 0.05) is 18.2 Å². The zero-order valence-electron chi connectivity index (χ0n) is 22.7. The second-order valence-electron chi connectivity index (χ2n) is 9.66. The second-order valence-corrected chi connectivity index (χ2v) is 10.8. The molecule has 41 heavy (non-hydrogen) atoms. The van der Waals surface area contributed by atoms with E-state index in [1.54, 1.807) is 48.9 Å². The van der Waals surface area contributed by atoms with Gasteiger partial charge in [-0.3, -0.25) is 14.5 Å². The van der Waals surface area contributed by atoms with Crippen molar-refractivity contribution >= 4 is 45.4 Å². The van der Waals surface area contributed by atoms with E-state index in [0.29, 0.717) is 29.3 Å². The molecule has 0 spiro atoms. The van der Waals surface area contributed by atoms with Crippen LogP contribution in [0.5, 0.6) is 5.75 Å². The molecule has 0 bridgehead atoms. The fraction of sp³-hybridized carbons (Fsp3) is 0.161. The normalized spacial score (nSPS) is 12.9. The Hall–Kier alpha value is -4.96. The summed E-state index contributed by atoms with van der Waals surface area (Å²) in [5.41, 5.74) is 6.51. The number of nitrogens with zero attached hydrogens (tertiary/aromatic N) is 5. The van der Waals surface area contributed by atoms with Crippen LogP contribution in [0.2, 0.25) is 0 Å². The Balaban J connectivity index is 1.15. The van der Waals surface area contributed by atoms with Gasteiger partial charge in [-0.25, -0.2) is 9.97 Å². The summed E-state index contributed by atoms with van der Waals surface area (Å²) in [4.78, 5) is 35.9. The topological polar surface area (TPSA) is 110 Å². The van der Waals surface area contributed by atoms with Crippen molar-refractivity contribution < 1.29 is 14.3 Å². The van der Waals surface area contributed by atoms with Crippen LogP contribution in [-0.2, 0) is 6.54 Å². The number of rotatable bonds is 8. The van der Waals surface area contributed by atoms with Crippen molar-refractivity contribution in [3.05, 3.63) is 99.7 Å². The quantitative estimate of drug-likeness (QED) is 0.240. The molecule has 0 aliphatic carbocycles. The number of benzene rings is 3. The lowest BCUT2D eigenvalue weighted by Crippen LogP contribution is -2.29. The van der Waals surface area contributed by atoms with Crippen LogP contribution in [0.3, 0.4) is 0 Å². The maximum Gasteiger partial charge on any atom is 0.261 e. The zero-order chi connectivity index (χ0) is 28.5. The number of aryl methyl sites for hydroxylation is 2. The number of anilines is 1.